The molecule has 6 nitrogen and oxygen atoms in total. The predicted octanol–water partition coefficient (Wildman–Crippen LogP) is 1.66. The largest absolute Gasteiger partial charge is 0.465 e. The van der Waals surface area contributed by atoms with E-state index in [9.17, 15) is 14.7 Å². The summed E-state index contributed by atoms with van der Waals surface area (Å²) in [7, 11) is 1.31. The summed E-state index contributed by atoms with van der Waals surface area (Å²) >= 11 is 0. The third kappa shape index (κ3) is 4.49. The summed E-state index contributed by atoms with van der Waals surface area (Å²) in [6, 6.07) is 15.1. The van der Waals surface area contributed by atoms with E-state index in [1.807, 2.05) is 0 Å². The lowest BCUT2D eigenvalue weighted by Crippen LogP contribution is -2.25. The van der Waals surface area contributed by atoms with Crippen LogP contribution in [-0.2, 0) is 9.53 Å². The Morgan fingerprint density at radius 1 is 1.13 bits per heavy atom. The van der Waals surface area contributed by atoms with Gasteiger partial charge in [-0.2, -0.15) is 5.10 Å². The van der Waals surface area contributed by atoms with Crippen molar-refractivity contribution in [2.75, 3.05) is 7.11 Å². The standard InChI is InChI=1S/C17H16N2O4/c1-23-17(22)14-9-7-12(8-10-14)11-18-19-16(21)15(20)13-5-3-2-4-6-13/h2-11,15,20H,1H3,(H,19,21). The van der Waals surface area contributed by atoms with Crippen LogP contribution in [0.3, 0.4) is 0 Å². The van der Waals surface area contributed by atoms with Gasteiger partial charge in [-0.1, -0.05) is 42.5 Å². The number of benzene rings is 2. The molecule has 0 fully saturated rings. The van der Waals surface area contributed by atoms with Crippen molar-refractivity contribution >= 4 is 18.1 Å². The van der Waals surface area contributed by atoms with Crippen LogP contribution in [0.5, 0.6) is 0 Å². The number of nitrogens with zero attached hydrogens (tertiary/aromatic N) is 1. The first-order chi connectivity index (χ1) is 11.1. The third-order valence-corrected chi connectivity index (χ3v) is 3.08. The third-order valence-electron chi connectivity index (χ3n) is 3.08. The second-order valence-electron chi connectivity index (χ2n) is 4.66. The van der Waals surface area contributed by atoms with Crippen molar-refractivity contribution in [1.82, 2.24) is 5.43 Å². The lowest BCUT2D eigenvalue weighted by atomic mass is 10.1. The number of aliphatic hydroxyl groups excluding tert-OH is 1. The van der Waals surface area contributed by atoms with Crippen LogP contribution >= 0.6 is 0 Å². The molecule has 2 N–H and O–H groups in total. The fourth-order valence-corrected chi connectivity index (χ4v) is 1.84. The molecule has 0 radical (unpaired) electrons. The predicted molar refractivity (Wildman–Crippen MR) is 84.9 cm³/mol. The zero-order chi connectivity index (χ0) is 16.7. The molecule has 0 aromatic heterocycles. The Balaban J connectivity index is 1.93. The molecule has 0 saturated carbocycles. The second-order valence-corrected chi connectivity index (χ2v) is 4.66. The van der Waals surface area contributed by atoms with Crippen molar-refractivity contribution in [3.05, 3.63) is 71.3 Å². The Morgan fingerprint density at radius 2 is 1.78 bits per heavy atom. The minimum absolute atomic E-state index is 0.423. The number of amides is 1. The van der Waals surface area contributed by atoms with Crippen LogP contribution in [-0.4, -0.2) is 30.3 Å². The first kappa shape index (κ1) is 16.4. The second kappa shape index (κ2) is 7.86. The molecule has 2 aromatic carbocycles. The van der Waals surface area contributed by atoms with Crippen LogP contribution in [0, 0.1) is 0 Å². The maximum absolute atomic E-state index is 11.8. The minimum Gasteiger partial charge on any atom is -0.465 e. The van der Waals surface area contributed by atoms with Crippen molar-refractivity contribution in [2.45, 2.75) is 6.10 Å². The zero-order valence-electron chi connectivity index (χ0n) is 12.5. The number of rotatable bonds is 5. The molecule has 0 aliphatic rings. The first-order valence-corrected chi connectivity index (χ1v) is 6.86. The molecule has 0 heterocycles. The molecule has 118 valence electrons. The van der Waals surface area contributed by atoms with Gasteiger partial charge in [0.1, 0.15) is 0 Å². The smallest absolute Gasteiger partial charge is 0.337 e. The van der Waals surface area contributed by atoms with Crippen molar-refractivity contribution in [3.63, 3.8) is 0 Å². The molecule has 0 saturated heterocycles. The number of carbonyl (C=O) groups excluding carboxylic acids is 2. The number of nitrogens with one attached hydrogen (secondary N) is 1. The molecule has 2 aromatic rings. The van der Waals surface area contributed by atoms with Gasteiger partial charge in [-0.25, -0.2) is 10.2 Å². The molecule has 6 heteroatoms. The van der Waals surface area contributed by atoms with E-state index in [-0.39, 0.29) is 0 Å². The van der Waals surface area contributed by atoms with E-state index in [1.165, 1.54) is 13.3 Å². The number of methoxy groups -OCH3 is 1. The highest BCUT2D eigenvalue weighted by Gasteiger charge is 2.15. The highest BCUT2D eigenvalue weighted by Crippen LogP contribution is 2.11. The van der Waals surface area contributed by atoms with Gasteiger partial charge < -0.3 is 9.84 Å². The molecule has 23 heavy (non-hydrogen) atoms. The Labute approximate surface area is 133 Å². The van der Waals surface area contributed by atoms with Gasteiger partial charge in [0.15, 0.2) is 6.10 Å². The van der Waals surface area contributed by atoms with Gasteiger partial charge in [-0.3, -0.25) is 4.79 Å². The van der Waals surface area contributed by atoms with E-state index in [0.717, 1.165) is 0 Å². The van der Waals surface area contributed by atoms with Crippen LogP contribution in [0.25, 0.3) is 0 Å². The number of esters is 1. The maximum Gasteiger partial charge on any atom is 0.337 e. The monoisotopic (exact) mass is 312 g/mol. The van der Waals surface area contributed by atoms with Gasteiger partial charge in [-0.05, 0) is 23.3 Å². The Hall–Kier alpha value is -2.99. The molecule has 2 rings (SSSR count). The van der Waals surface area contributed by atoms with Crippen LogP contribution in [0.1, 0.15) is 27.6 Å². The SMILES string of the molecule is COC(=O)c1ccc(C=NNC(=O)C(O)c2ccccc2)cc1. The van der Waals surface area contributed by atoms with Crippen LogP contribution in [0.4, 0.5) is 0 Å². The van der Waals surface area contributed by atoms with E-state index >= 15 is 0 Å². The molecular weight excluding hydrogens is 296 g/mol. The van der Waals surface area contributed by atoms with Gasteiger partial charge >= 0.3 is 5.97 Å². The quantitative estimate of drug-likeness (QED) is 0.499. The fourth-order valence-electron chi connectivity index (χ4n) is 1.84. The Kier molecular flexibility index (Phi) is 5.60. The molecule has 0 spiro atoms. The average Bonchev–Trinajstić information content (AvgIpc) is 2.61. The molecule has 1 amide bonds. The van der Waals surface area contributed by atoms with Gasteiger partial charge in [0.25, 0.3) is 5.91 Å². The summed E-state index contributed by atoms with van der Waals surface area (Å²) in [5.74, 6) is -1.05. The number of aliphatic hydroxyl groups is 1. The lowest BCUT2D eigenvalue weighted by molar-refractivity contribution is -0.129. The van der Waals surface area contributed by atoms with Crippen molar-refractivity contribution in [2.24, 2.45) is 5.10 Å². The summed E-state index contributed by atoms with van der Waals surface area (Å²) in [5.41, 5.74) is 3.87. The zero-order valence-corrected chi connectivity index (χ0v) is 12.5. The van der Waals surface area contributed by atoms with Gasteiger partial charge in [0, 0.05) is 0 Å². The van der Waals surface area contributed by atoms with Gasteiger partial charge in [0.2, 0.25) is 0 Å². The fraction of sp³-hybridized carbons (Fsp3) is 0.118. The maximum atomic E-state index is 11.8. The van der Waals surface area contributed by atoms with Gasteiger partial charge in [0.05, 0.1) is 18.9 Å². The van der Waals surface area contributed by atoms with Crippen molar-refractivity contribution in [1.29, 1.82) is 0 Å². The number of carbonyl (C=O) groups is 2. The van der Waals surface area contributed by atoms with E-state index in [2.05, 4.69) is 15.3 Å². The van der Waals surface area contributed by atoms with E-state index in [1.54, 1.807) is 54.6 Å². The molecule has 0 bridgehead atoms. The molecule has 0 aliphatic carbocycles. The van der Waals surface area contributed by atoms with E-state index in [0.29, 0.717) is 16.7 Å². The molecule has 1 atom stereocenters. The highest BCUT2D eigenvalue weighted by molar-refractivity contribution is 5.91. The van der Waals surface area contributed by atoms with Crippen molar-refractivity contribution in [3.8, 4) is 0 Å². The van der Waals surface area contributed by atoms with Crippen molar-refractivity contribution < 1.29 is 19.4 Å². The van der Waals surface area contributed by atoms with E-state index in [4.69, 9.17) is 0 Å². The van der Waals surface area contributed by atoms with Crippen LogP contribution < -0.4 is 5.43 Å². The first-order valence-electron chi connectivity index (χ1n) is 6.86. The van der Waals surface area contributed by atoms with Crippen LogP contribution in [0.2, 0.25) is 0 Å². The molecular formula is C17H16N2O4. The van der Waals surface area contributed by atoms with E-state index < -0.39 is 18.0 Å². The number of hydrogen-bond donors (Lipinski definition) is 2. The summed E-state index contributed by atoms with van der Waals surface area (Å²) < 4.78 is 4.60. The number of ether oxygens (including phenoxy) is 1. The molecule has 0 aliphatic heterocycles. The Bertz CT molecular complexity index is 696. The number of hydrogen-bond acceptors (Lipinski definition) is 5. The normalized spacial score (nSPS) is 11.9. The summed E-state index contributed by atoms with van der Waals surface area (Å²) in [6.07, 6.45) is 0.131. The topological polar surface area (TPSA) is 88.0 Å². The molecule has 1 unspecified atom stereocenters. The van der Waals surface area contributed by atoms with Crippen LogP contribution in [0.15, 0.2) is 59.7 Å². The summed E-state index contributed by atoms with van der Waals surface area (Å²) in [4.78, 5) is 23.1. The van der Waals surface area contributed by atoms with Gasteiger partial charge in [-0.15, -0.1) is 0 Å². The highest BCUT2D eigenvalue weighted by atomic mass is 16.5. The number of hydrazone groups is 1. The average molecular weight is 312 g/mol. The summed E-state index contributed by atoms with van der Waals surface area (Å²) in [5, 5.41) is 13.7. The Morgan fingerprint density at radius 3 is 2.39 bits per heavy atom. The summed E-state index contributed by atoms with van der Waals surface area (Å²) in [6.45, 7) is 0. The lowest BCUT2D eigenvalue weighted by Gasteiger charge is -2.08. The minimum atomic E-state index is -1.28.